The molecule has 1 aliphatic carbocycles. The molecular formula is C30H34F3N5O4. The number of aromatic nitrogens is 2. The second-order valence-electron chi connectivity index (χ2n) is 11.2. The molecule has 1 saturated heterocycles. The summed E-state index contributed by atoms with van der Waals surface area (Å²) in [7, 11) is 0. The number of aryl methyl sites for hydroxylation is 2. The summed E-state index contributed by atoms with van der Waals surface area (Å²) in [6.07, 6.45) is 0.553. The topological polar surface area (TPSA) is 121 Å². The van der Waals surface area contributed by atoms with Crippen molar-refractivity contribution in [2.45, 2.75) is 69.8 Å². The molecule has 5 rings (SSSR count). The standard InChI is InChI=1S/C30H34F3N5O4/c1-18-27(19(2)42-37-18)21-6-7-25(34-15-21)29(41)11-8-23(9-12-29)36-24-10-13-38(17-24)26(39)16-35-28(40)20-4-3-5-22(14-20)30(31,32)33/h3-7,14-15,23-24,36,41H,8-13,16-17H2,1-2H3,(H,35,40)/t23?,24-,29?/m0/s1. The molecule has 42 heavy (non-hydrogen) atoms. The Labute approximate surface area is 241 Å². The molecule has 1 atom stereocenters. The number of hydrogen-bond donors (Lipinski definition) is 3. The Morgan fingerprint density at radius 3 is 2.52 bits per heavy atom. The predicted molar refractivity (Wildman–Crippen MR) is 147 cm³/mol. The van der Waals surface area contributed by atoms with Crippen molar-refractivity contribution in [2.75, 3.05) is 19.6 Å². The smallest absolute Gasteiger partial charge is 0.384 e. The second-order valence-corrected chi connectivity index (χ2v) is 11.2. The maximum absolute atomic E-state index is 12.9. The molecule has 2 amide bonds. The maximum atomic E-state index is 12.9. The van der Waals surface area contributed by atoms with Crippen LogP contribution in [0.25, 0.3) is 11.1 Å². The molecule has 9 nitrogen and oxygen atoms in total. The Hall–Kier alpha value is -3.77. The van der Waals surface area contributed by atoms with E-state index in [4.69, 9.17) is 4.52 Å². The number of benzene rings is 1. The van der Waals surface area contributed by atoms with Crippen LogP contribution in [0.4, 0.5) is 13.2 Å². The van der Waals surface area contributed by atoms with Crippen molar-refractivity contribution < 1.29 is 32.4 Å². The molecule has 0 spiro atoms. The van der Waals surface area contributed by atoms with Gasteiger partial charge in [0.2, 0.25) is 5.91 Å². The zero-order valence-electron chi connectivity index (χ0n) is 23.5. The van der Waals surface area contributed by atoms with Crippen LogP contribution in [0, 0.1) is 13.8 Å². The van der Waals surface area contributed by atoms with Gasteiger partial charge in [0.15, 0.2) is 0 Å². The van der Waals surface area contributed by atoms with Gasteiger partial charge in [-0.2, -0.15) is 13.2 Å². The summed E-state index contributed by atoms with van der Waals surface area (Å²) in [4.78, 5) is 31.2. The SMILES string of the molecule is Cc1noc(C)c1-c1ccc(C2(O)CCC(N[C@H]3CCN(C(=O)CNC(=O)c4cccc(C(F)(F)F)c4)C3)CC2)nc1. The van der Waals surface area contributed by atoms with Gasteiger partial charge in [0.1, 0.15) is 11.4 Å². The summed E-state index contributed by atoms with van der Waals surface area (Å²) in [6.45, 7) is 4.44. The van der Waals surface area contributed by atoms with E-state index in [-0.39, 0.29) is 30.1 Å². The van der Waals surface area contributed by atoms with Gasteiger partial charge in [-0.3, -0.25) is 14.6 Å². The fourth-order valence-corrected chi connectivity index (χ4v) is 5.89. The van der Waals surface area contributed by atoms with Crippen molar-refractivity contribution in [3.05, 3.63) is 70.9 Å². The van der Waals surface area contributed by atoms with E-state index in [9.17, 15) is 27.9 Å². The van der Waals surface area contributed by atoms with E-state index < -0.39 is 23.2 Å². The molecule has 1 aliphatic heterocycles. The third-order valence-corrected chi connectivity index (χ3v) is 8.24. The van der Waals surface area contributed by atoms with E-state index in [1.807, 2.05) is 26.0 Å². The van der Waals surface area contributed by atoms with Crippen molar-refractivity contribution in [3.63, 3.8) is 0 Å². The quantitative estimate of drug-likeness (QED) is 0.382. The summed E-state index contributed by atoms with van der Waals surface area (Å²) >= 11 is 0. The van der Waals surface area contributed by atoms with E-state index in [0.29, 0.717) is 31.6 Å². The minimum absolute atomic E-state index is 0.0803. The van der Waals surface area contributed by atoms with Crippen molar-refractivity contribution in [3.8, 4) is 11.1 Å². The Morgan fingerprint density at radius 1 is 1.12 bits per heavy atom. The lowest BCUT2D eigenvalue weighted by Crippen LogP contribution is -2.46. The molecule has 3 heterocycles. The largest absolute Gasteiger partial charge is 0.416 e. The number of halogens is 3. The third-order valence-electron chi connectivity index (χ3n) is 8.24. The first-order chi connectivity index (χ1) is 19.9. The van der Waals surface area contributed by atoms with Crippen LogP contribution in [0.2, 0.25) is 0 Å². The van der Waals surface area contributed by atoms with Crippen LogP contribution in [0.15, 0.2) is 47.1 Å². The lowest BCUT2D eigenvalue weighted by molar-refractivity contribution is -0.137. The lowest BCUT2D eigenvalue weighted by Gasteiger charge is -2.37. The van der Waals surface area contributed by atoms with Crippen LogP contribution in [-0.4, -0.2) is 63.7 Å². The van der Waals surface area contributed by atoms with Gasteiger partial charge >= 0.3 is 6.18 Å². The van der Waals surface area contributed by atoms with Gasteiger partial charge in [-0.05, 0) is 70.2 Å². The molecule has 0 radical (unpaired) electrons. The molecule has 2 aliphatic rings. The zero-order chi connectivity index (χ0) is 30.1. The number of rotatable bonds is 7. The van der Waals surface area contributed by atoms with Gasteiger partial charge in [-0.1, -0.05) is 17.3 Å². The van der Waals surface area contributed by atoms with Gasteiger partial charge in [0, 0.05) is 48.1 Å². The van der Waals surface area contributed by atoms with Crippen LogP contribution in [0.5, 0.6) is 0 Å². The summed E-state index contributed by atoms with van der Waals surface area (Å²) in [5.74, 6) is -0.297. The van der Waals surface area contributed by atoms with E-state index >= 15 is 0 Å². The van der Waals surface area contributed by atoms with Crippen LogP contribution in [0.1, 0.15) is 65.2 Å². The van der Waals surface area contributed by atoms with Gasteiger partial charge in [-0.25, -0.2) is 0 Å². The predicted octanol–water partition coefficient (Wildman–Crippen LogP) is 4.12. The van der Waals surface area contributed by atoms with E-state index in [0.717, 1.165) is 60.0 Å². The number of alkyl halides is 3. The first-order valence-corrected chi connectivity index (χ1v) is 14.0. The van der Waals surface area contributed by atoms with Gasteiger partial charge in [0.25, 0.3) is 5.91 Å². The van der Waals surface area contributed by atoms with Crippen molar-refractivity contribution >= 4 is 11.8 Å². The highest BCUT2D eigenvalue weighted by Gasteiger charge is 2.37. The number of amides is 2. The minimum Gasteiger partial charge on any atom is -0.384 e. The molecule has 1 saturated carbocycles. The monoisotopic (exact) mass is 585 g/mol. The first kappa shape index (κ1) is 29.7. The number of likely N-dealkylation sites (tertiary alicyclic amines) is 1. The molecule has 3 aromatic rings. The Bertz CT molecular complexity index is 1410. The number of carbonyl (C=O) groups excluding carboxylic acids is 2. The number of carbonyl (C=O) groups is 2. The average Bonchev–Trinajstić information content (AvgIpc) is 3.58. The van der Waals surface area contributed by atoms with Crippen molar-refractivity contribution in [1.29, 1.82) is 0 Å². The van der Waals surface area contributed by atoms with Crippen molar-refractivity contribution in [1.82, 2.24) is 25.7 Å². The van der Waals surface area contributed by atoms with Gasteiger partial charge in [-0.15, -0.1) is 0 Å². The van der Waals surface area contributed by atoms with Crippen LogP contribution >= 0.6 is 0 Å². The van der Waals surface area contributed by atoms with Crippen LogP contribution < -0.4 is 10.6 Å². The molecule has 0 bridgehead atoms. The van der Waals surface area contributed by atoms with E-state index in [2.05, 4.69) is 20.8 Å². The molecule has 12 heteroatoms. The van der Waals surface area contributed by atoms with E-state index in [1.54, 1.807) is 11.1 Å². The fourth-order valence-electron chi connectivity index (χ4n) is 5.89. The molecule has 3 N–H and O–H groups in total. The highest BCUT2D eigenvalue weighted by atomic mass is 19.4. The number of nitrogens with zero attached hydrogens (tertiary/aromatic N) is 3. The lowest BCUT2D eigenvalue weighted by atomic mass is 9.79. The van der Waals surface area contributed by atoms with Gasteiger partial charge in [0.05, 0.1) is 23.5 Å². The Balaban J connectivity index is 1.07. The second kappa shape index (κ2) is 11.8. The molecule has 1 aromatic carbocycles. The molecule has 224 valence electrons. The summed E-state index contributed by atoms with van der Waals surface area (Å²) in [5, 5.41) is 21.4. The average molecular weight is 586 g/mol. The highest BCUT2D eigenvalue weighted by molar-refractivity contribution is 5.96. The maximum Gasteiger partial charge on any atom is 0.416 e. The molecule has 2 aromatic heterocycles. The number of nitrogens with one attached hydrogen (secondary N) is 2. The summed E-state index contributed by atoms with van der Waals surface area (Å²) in [5.41, 5.74) is 1.16. The van der Waals surface area contributed by atoms with Crippen LogP contribution in [0.3, 0.4) is 0 Å². The zero-order valence-corrected chi connectivity index (χ0v) is 23.5. The van der Waals surface area contributed by atoms with Gasteiger partial charge < -0.3 is 25.2 Å². The first-order valence-electron chi connectivity index (χ1n) is 14.0. The third kappa shape index (κ3) is 6.49. The molecule has 2 fully saturated rings. The Kier molecular flexibility index (Phi) is 8.38. The highest BCUT2D eigenvalue weighted by Crippen LogP contribution is 2.37. The van der Waals surface area contributed by atoms with Crippen LogP contribution in [-0.2, 0) is 16.6 Å². The minimum atomic E-state index is -4.55. The number of pyridine rings is 1. The van der Waals surface area contributed by atoms with Crippen molar-refractivity contribution in [2.24, 2.45) is 0 Å². The number of hydrogen-bond acceptors (Lipinski definition) is 7. The molecular weight excluding hydrogens is 551 g/mol. The normalized spacial score (nSPS) is 22.8. The fraction of sp³-hybridized carbons (Fsp3) is 0.467. The summed E-state index contributed by atoms with van der Waals surface area (Å²) < 4.78 is 44.0. The molecule has 0 unspecified atom stereocenters. The number of aliphatic hydroxyl groups is 1. The van der Waals surface area contributed by atoms with E-state index in [1.165, 1.54) is 6.07 Å². The summed E-state index contributed by atoms with van der Waals surface area (Å²) in [6, 6.07) is 8.17. The Morgan fingerprint density at radius 2 is 1.88 bits per heavy atom.